The number of anilines is 1. The average molecular weight is 686 g/mol. The molecular weight excluding hydrogens is 642 g/mol. The predicted molar refractivity (Wildman–Crippen MR) is 186 cm³/mol. The van der Waals surface area contributed by atoms with Crippen LogP contribution in [0.3, 0.4) is 0 Å². The summed E-state index contributed by atoms with van der Waals surface area (Å²) in [6, 6.07) is 29.6. The number of carbonyl (C=O) groups excluding carboxylic acids is 1. The number of likely N-dealkylation sites (tertiary alicyclic amines) is 1. The highest BCUT2D eigenvalue weighted by Crippen LogP contribution is 2.38. The topological polar surface area (TPSA) is 137 Å². The number of nitrogens with one attached hydrogen (secondary N) is 2. The van der Waals surface area contributed by atoms with E-state index in [1.54, 1.807) is 24.3 Å². The Bertz CT molecular complexity index is 1790. The second-order valence-electron chi connectivity index (χ2n) is 12.8. The van der Waals surface area contributed by atoms with Gasteiger partial charge in [0, 0.05) is 37.3 Å². The minimum absolute atomic E-state index is 0.0358. The number of aliphatic hydroxyl groups excluding tert-OH is 2. The number of hydrogen-bond acceptors (Lipinski definition) is 8. The molecule has 0 bridgehead atoms. The maximum Gasteiger partial charge on any atom is 0.242 e. The zero-order valence-electron chi connectivity index (χ0n) is 27.4. The largest absolute Gasteiger partial charge is 0.392 e. The van der Waals surface area contributed by atoms with Crippen LogP contribution in [0.4, 0.5) is 5.69 Å². The van der Waals surface area contributed by atoms with Crippen LogP contribution in [0.5, 0.6) is 0 Å². The van der Waals surface area contributed by atoms with Crippen LogP contribution in [0, 0.1) is 6.92 Å². The molecule has 0 radical (unpaired) electrons. The molecule has 0 unspecified atom stereocenters. The van der Waals surface area contributed by atoms with E-state index in [4.69, 9.17) is 9.47 Å². The third-order valence-corrected chi connectivity index (χ3v) is 10.5. The molecule has 10 nitrogen and oxygen atoms in total. The second kappa shape index (κ2) is 15.7. The van der Waals surface area contributed by atoms with Crippen molar-refractivity contribution in [1.29, 1.82) is 0 Å². The Kier molecular flexibility index (Phi) is 11.2. The lowest BCUT2D eigenvalue weighted by Crippen LogP contribution is -2.45. The van der Waals surface area contributed by atoms with Crippen molar-refractivity contribution in [2.45, 2.75) is 68.3 Å². The summed E-state index contributed by atoms with van der Waals surface area (Å²) < 4.78 is 42.1. The fourth-order valence-electron chi connectivity index (χ4n) is 6.26. The molecule has 2 fully saturated rings. The van der Waals surface area contributed by atoms with Gasteiger partial charge in [-0.2, -0.15) is 4.72 Å². The first-order valence-corrected chi connectivity index (χ1v) is 18.1. The molecule has 11 heteroatoms. The standard InChI is InChI=1S/C38H43N3O7S/c1-26-7-17-34(18-8-26)49(45,46)40-35(21-27-5-3-2-4-6-27)37(44)39-31-15-13-30(14-16-31)38-47-33(24-41-20-19-32(43)23-41)22-36(48-38)29-11-9-28(25-42)10-12-29/h2-18,32-33,35-36,38,40,42-43H,19-25H2,1H3,(H,39,44)/t32-,33-,35+,36+,38+/m0/s1. The number of nitrogens with zero attached hydrogens (tertiary/aromatic N) is 1. The van der Waals surface area contributed by atoms with Gasteiger partial charge in [0.2, 0.25) is 15.9 Å². The van der Waals surface area contributed by atoms with E-state index >= 15 is 0 Å². The van der Waals surface area contributed by atoms with Crippen molar-refractivity contribution in [1.82, 2.24) is 9.62 Å². The third kappa shape index (κ3) is 9.20. The molecule has 0 aromatic heterocycles. The Hall–Kier alpha value is -3.94. The molecule has 4 aromatic carbocycles. The molecule has 4 N–H and O–H groups in total. The molecule has 5 atom stereocenters. The lowest BCUT2D eigenvalue weighted by atomic mass is 9.99. The summed E-state index contributed by atoms with van der Waals surface area (Å²) in [6.45, 7) is 3.93. The highest BCUT2D eigenvalue weighted by Gasteiger charge is 2.34. The van der Waals surface area contributed by atoms with Crippen molar-refractivity contribution in [2.24, 2.45) is 0 Å². The van der Waals surface area contributed by atoms with Crippen LogP contribution in [0.25, 0.3) is 0 Å². The number of hydrogen-bond donors (Lipinski definition) is 4. The minimum Gasteiger partial charge on any atom is -0.392 e. The quantitative estimate of drug-likeness (QED) is 0.170. The number of benzene rings is 4. The van der Waals surface area contributed by atoms with Gasteiger partial charge >= 0.3 is 0 Å². The number of carbonyl (C=O) groups is 1. The molecule has 49 heavy (non-hydrogen) atoms. The van der Waals surface area contributed by atoms with E-state index in [0.717, 1.165) is 40.8 Å². The molecule has 258 valence electrons. The first-order valence-electron chi connectivity index (χ1n) is 16.6. The molecule has 1 amide bonds. The summed E-state index contributed by atoms with van der Waals surface area (Å²) in [5.41, 5.74) is 4.81. The summed E-state index contributed by atoms with van der Waals surface area (Å²) in [4.78, 5) is 15.9. The Morgan fingerprint density at radius 1 is 0.898 bits per heavy atom. The van der Waals surface area contributed by atoms with E-state index in [9.17, 15) is 23.4 Å². The number of amides is 1. The molecule has 4 aromatic rings. The molecule has 6 rings (SSSR count). The second-order valence-corrected chi connectivity index (χ2v) is 14.6. The van der Waals surface area contributed by atoms with Gasteiger partial charge in [-0.3, -0.25) is 9.69 Å². The number of sulfonamides is 1. The Morgan fingerprint density at radius 2 is 1.59 bits per heavy atom. The smallest absolute Gasteiger partial charge is 0.242 e. The molecule has 2 aliphatic heterocycles. The van der Waals surface area contributed by atoms with Gasteiger partial charge in [-0.25, -0.2) is 8.42 Å². The molecule has 0 spiro atoms. The summed E-state index contributed by atoms with van der Waals surface area (Å²) in [5, 5.41) is 22.4. The van der Waals surface area contributed by atoms with E-state index in [1.165, 1.54) is 12.1 Å². The fraction of sp³-hybridized carbons (Fsp3) is 0.342. The lowest BCUT2D eigenvalue weighted by Gasteiger charge is -2.37. The summed E-state index contributed by atoms with van der Waals surface area (Å²) in [5.74, 6) is -0.489. The average Bonchev–Trinajstić information content (AvgIpc) is 3.52. The number of rotatable bonds is 12. The van der Waals surface area contributed by atoms with Crippen LogP contribution in [0.1, 0.15) is 53.1 Å². The van der Waals surface area contributed by atoms with Crippen molar-refractivity contribution in [2.75, 3.05) is 25.0 Å². The zero-order valence-corrected chi connectivity index (χ0v) is 28.3. The van der Waals surface area contributed by atoms with Gasteiger partial charge in [-0.1, -0.05) is 84.4 Å². The molecule has 2 aliphatic rings. The normalized spacial score (nSPS) is 22.1. The summed E-state index contributed by atoms with van der Waals surface area (Å²) in [7, 11) is -3.98. The monoisotopic (exact) mass is 685 g/mol. The van der Waals surface area contributed by atoms with Crippen molar-refractivity contribution in [3.8, 4) is 0 Å². The summed E-state index contributed by atoms with van der Waals surface area (Å²) in [6.07, 6.45) is 0.143. The minimum atomic E-state index is -3.98. The Balaban J connectivity index is 1.17. The Morgan fingerprint density at radius 3 is 2.24 bits per heavy atom. The zero-order chi connectivity index (χ0) is 34.4. The van der Waals surface area contributed by atoms with E-state index < -0.39 is 28.3 Å². The van der Waals surface area contributed by atoms with Crippen LogP contribution >= 0.6 is 0 Å². The van der Waals surface area contributed by atoms with Gasteiger partial charge in [0.15, 0.2) is 6.29 Å². The maximum atomic E-state index is 13.6. The van der Waals surface area contributed by atoms with E-state index in [0.29, 0.717) is 25.2 Å². The van der Waals surface area contributed by atoms with Crippen LogP contribution in [0.2, 0.25) is 0 Å². The maximum absolute atomic E-state index is 13.6. The number of ether oxygens (including phenoxy) is 2. The first-order chi connectivity index (χ1) is 23.6. The molecule has 2 heterocycles. The highest BCUT2D eigenvalue weighted by atomic mass is 32.2. The molecule has 0 aliphatic carbocycles. The van der Waals surface area contributed by atoms with Crippen molar-refractivity contribution in [3.63, 3.8) is 0 Å². The molecule has 2 saturated heterocycles. The number of aryl methyl sites for hydroxylation is 1. The molecular formula is C38H43N3O7S. The van der Waals surface area contributed by atoms with Gasteiger partial charge < -0.3 is 25.0 Å². The van der Waals surface area contributed by atoms with Crippen molar-refractivity contribution < 1.29 is 32.9 Å². The van der Waals surface area contributed by atoms with Crippen LogP contribution in [-0.4, -0.2) is 67.3 Å². The van der Waals surface area contributed by atoms with Gasteiger partial charge in [-0.15, -0.1) is 0 Å². The van der Waals surface area contributed by atoms with E-state index in [1.807, 2.05) is 73.7 Å². The lowest BCUT2D eigenvalue weighted by molar-refractivity contribution is -0.252. The van der Waals surface area contributed by atoms with E-state index in [2.05, 4.69) is 14.9 Å². The molecule has 0 saturated carbocycles. The van der Waals surface area contributed by atoms with Crippen LogP contribution in [0.15, 0.2) is 108 Å². The highest BCUT2D eigenvalue weighted by molar-refractivity contribution is 7.89. The van der Waals surface area contributed by atoms with Crippen LogP contribution in [-0.2, 0) is 37.3 Å². The van der Waals surface area contributed by atoms with Gasteiger partial charge in [0.05, 0.1) is 29.8 Å². The van der Waals surface area contributed by atoms with Crippen molar-refractivity contribution in [3.05, 3.63) is 131 Å². The predicted octanol–water partition coefficient (Wildman–Crippen LogP) is 4.63. The van der Waals surface area contributed by atoms with Gasteiger partial charge in [-0.05, 0) is 60.7 Å². The van der Waals surface area contributed by atoms with Crippen LogP contribution < -0.4 is 10.0 Å². The van der Waals surface area contributed by atoms with E-state index in [-0.39, 0.29) is 36.2 Å². The van der Waals surface area contributed by atoms with Gasteiger partial charge in [0.1, 0.15) is 6.04 Å². The SMILES string of the molecule is Cc1ccc(S(=O)(=O)N[C@H](Cc2ccccc2)C(=O)Nc2ccc([C@@H]3O[C@H](CN4CC[C@H](O)C4)C[C@H](c4ccc(CO)cc4)O3)cc2)cc1. The fourth-order valence-corrected chi connectivity index (χ4v) is 7.46. The van der Waals surface area contributed by atoms with Gasteiger partial charge in [0.25, 0.3) is 0 Å². The summed E-state index contributed by atoms with van der Waals surface area (Å²) >= 11 is 0. The third-order valence-electron chi connectivity index (χ3n) is 9.00. The number of β-amino-alcohol motifs (C(OH)–C–C–N with tert-alkyl or cyclic N) is 1. The Labute approximate surface area is 287 Å². The first kappa shape index (κ1) is 34.9. The van der Waals surface area contributed by atoms with Crippen molar-refractivity contribution >= 4 is 21.6 Å². The number of aliphatic hydroxyl groups is 2.